The molecule has 1 aromatic heterocycles. The number of rotatable bonds is 5. The van der Waals surface area contributed by atoms with Crippen LogP contribution in [0, 0.1) is 0 Å². The number of carbonyl (C=O) groups excluding carboxylic acids is 1. The summed E-state index contributed by atoms with van der Waals surface area (Å²) < 4.78 is 0. The average molecular weight is 293 g/mol. The minimum atomic E-state index is -0.231. The quantitative estimate of drug-likeness (QED) is 0.795. The van der Waals surface area contributed by atoms with Gasteiger partial charge in [-0.3, -0.25) is 4.79 Å². The lowest BCUT2D eigenvalue weighted by molar-refractivity contribution is -0.123. The fraction of sp³-hybridized carbons (Fsp3) is 0.692. The Bertz CT molecular complexity index is 505. The molecule has 116 valence electrons. The van der Waals surface area contributed by atoms with Gasteiger partial charge < -0.3 is 20.4 Å². The topological polar surface area (TPSA) is 86.3 Å². The molecule has 0 aromatic carbocycles. The number of piperazine rings is 1. The second-order valence-corrected chi connectivity index (χ2v) is 5.09. The van der Waals surface area contributed by atoms with Crippen molar-refractivity contribution in [1.82, 2.24) is 20.3 Å². The van der Waals surface area contributed by atoms with Gasteiger partial charge in [0, 0.05) is 33.7 Å². The van der Waals surface area contributed by atoms with Crippen molar-refractivity contribution in [2.24, 2.45) is 0 Å². The van der Waals surface area contributed by atoms with Crippen molar-refractivity contribution in [3.8, 4) is 0 Å². The molecule has 2 heterocycles. The second-order valence-electron chi connectivity index (χ2n) is 5.09. The summed E-state index contributed by atoms with van der Waals surface area (Å²) in [5, 5.41) is 5.99. The van der Waals surface area contributed by atoms with Gasteiger partial charge in [-0.15, -0.1) is 0 Å². The van der Waals surface area contributed by atoms with Crippen molar-refractivity contribution in [3.63, 3.8) is 0 Å². The highest BCUT2D eigenvalue weighted by Crippen LogP contribution is 2.20. The van der Waals surface area contributed by atoms with Crippen molar-refractivity contribution < 1.29 is 4.79 Å². The average Bonchev–Trinajstić information content (AvgIpc) is 2.47. The lowest BCUT2D eigenvalue weighted by atomic mass is 10.1. The second kappa shape index (κ2) is 6.55. The Hall–Kier alpha value is -2.12. The largest absolute Gasteiger partial charge is 0.354 e. The highest BCUT2D eigenvalue weighted by atomic mass is 16.2. The number of anilines is 3. The molecule has 2 rings (SSSR count). The zero-order chi connectivity index (χ0) is 15.4. The Balaban J connectivity index is 2.38. The van der Waals surface area contributed by atoms with Crippen LogP contribution in [0.2, 0.25) is 0 Å². The van der Waals surface area contributed by atoms with Gasteiger partial charge in [0.05, 0.1) is 0 Å². The molecule has 1 aromatic rings. The molecule has 21 heavy (non-hydrogen) atoms. The predicted molar refractivity (Wildman–Crippen MR) is 82.8 cm³/mol. The monoisotopic (exact) mass is 293 g/mol. The number of nitrogens with one attached hydrogen (secondary N) is 2. The van der Waals surface area contributed by atoms with E-state index in [1.807, 2.05) is 37.7 Å². The van der Waals surface area contributed by atoms with E-state index in [0.29, 0.717) is 37.4 Å². The SMILES string of the molecule is CCNc1nc(N(C)C)nc(N2CCNC(=O)C2CC)n1. The maximum Gasteiger partial charge on any atom is 0.242 e. The van der Waals surface area contributed by atoms with Gasteiger partial charge in [-0.1, -0.05) is 6.92 Å². The van der Waals surface area contributed by atoms with E-state index >= 15 is 0 Å². The van der Waals surface area contributed by atoms with Gasteiger partial charge in [-0.2, -0.15) is 15.0 Å². The van der Waals surface area contributed by atoms with Crippen LogP contribution in [0.1, 0.15) is 20.3 Å². The first kappa shape index (κ1) is 15.3. The third-order valence-corrected chi connectivity index (χ3v) is 3.32. The van der Waals surface area contributed by atoms with Crippen LogP contribution in [-0.4, -0.2) is 60.6 Å². The number of hydrogen-bond donors (Lipinski definition) is 2. The normalized spacial score (nSPS) is 18.4. The molecule has 1 saturated heterocycles. The lowest BCUT2D eigenvalue weighted by Gasteiger charge is -2.34. The van der Waals surface area contributed by atoms with Gasteiger partial charge in [-0.05, 0) is 13.3 Å². The van der Waals surface area contributed by atoms with Crippen molar-refractivity contribution in [1.29, 1.82) is 0 Å². The Morgan fingerprint density at radius 1 is 1.33 bits per heavy atom. The summed E-state index contributed by atoms with van der Waals surface area (Å²) in [6.45, 7) is 6.01. The van der Waals surface area contributed by atoms with Gasteiger partial charge in [-0.25, -0.2) is 0 Å². The van der Waals surface area contributed by atoms with E-state index in [2.05, 4.69) is 25.6 Å². The van der Waals surface area contributed by atoms with Gasteiger partial charge >= 0.3 is 0 Å². The van der Waals surface area contributed by atoms with Crippen molar-refractivity contribution in [2.45, 2.75) is 26.3 Å². The van der Waals surface area contributed by atoms with E-state index in [0.717, 1.165) is 6.54 Å². The molecule has 1 aliphatic rings. The Morgan fingerprint density at radius 3 is 2.71 bits per heavy atom. The molecular weight excluding hydrogens is 270 g/mol. The fourth-order valence-electron chi connectivity index (χ4n) is 2.28. The molecule has 0 bridgehead atoms. The van der Waals surface area contributed by atoms with Crippen LogP contribution in [0.5, 0.6) is 0 Å². The maximum atomic E-state index is 12.0. The van der Waals surface area contributed by atoms with E-state index in [9.17, 15) is 4.79 Å². The molecule has 0 spiro atoms. The zero-order valence-corrected chi connectivity index (χ0v) is 13.1. The molecule has 0 saturated carbocycles. The smallest absolute Gasteiger partial charge is 0.242 e. The first-order valence-corrected chi connectivity index (χ1v) is 7.28. The zero-order valence-electron chi connectivity index (χ0n) is 13.1. The number of nitrogens with zero attached hydrogens (tertiary/aromatic N) is 5. The highest BCUT2D eigenvalue weighted by Gasteiger charge is 2.30. The maximum absolute atomic E-state index is 12.0. The van der Waals surface area contributed by atoms with E-state index in [-0.39, 0.29) is 11.9 Å². The number of carbonyl (C=O) groups is 1. The first-order chi connectivity index (χ1) is 10.1. The Morgan fingerprint density at radius 2 is 2.10 bits per heavy atom. The highest BCUT2D eigenvalue weighted by molar-refractivity contribution is 5.85. The summed E-state index contributed by atoms with van der Waals surface area (Å²) in [5.74, 6) is 1.69. The molecule has 8 heteroatoms. The van der Waals surface area contributed by atoms with Crippen LogP contribution < -0.4 is 20.4 Å². The summed E-state index contributed by atoms with van der Waals surface area (Å²) in [4.78, 5) is 29.1. The number of amides is 1. The Kier molecular flexibility index (Phi) is 4.77. The van der Waals surface area contributed by atoms with Crippen LogP contribution in [-0.2, 0) is 4.79 Å². The summed E-state index contributed by atoms with van der Waals surface area (Å²) in [6, 6.07) is -0.231. The van der Waals surface area contributed by atoms with Gasteiger partial charge in [0.25, 0.3) is 0 Å². The summed E-state index contributed by atoms with van der Waals surface area (Å²) in [7, 11) is 3.77. The lowest BCUT2D eigenvalue weighted by Crippen LogP contribution is -2.55. The van der Waals surface area contributed by atoms with Crippen molar-refractivity contribution >= 4 is 23.8 Å². The van der Waals surface area contributed by atoms with Gasteiger partial charge in [0.1, 0.15) is 6.04 Å². The molecule has 0 aliphatic carbocycles. The molecule has 1 amide bonds. The predicted octanol–water partition coefficient (Wildman–Crippen LogP) is 0.0842. The van der Waals surface area contributed by atoms with Crippen LogP contribution in [0.4, 0.5) is 17.8 Å². The standard InChI is InChI=1S/C13H23N7O/c1-5-9-10(21)15-7-8-20(9)13-17-11(14-6-2)16-12(18-13)19(3)4/h9H,5-8H2,1-4H3,(H,15,21)(H,14,16,17,18). The molecule has 0 radical (unpaired) electrons. The van der Waals surface area contributed by atoms with E-state index in [1.165, 1.54) is 0 Å². The van der Waals surface area contributed by atoms with Crippen LogP contribution in [0.25, 0.3) is 0 Å². The molecule has 2 N–H and O–H groups in total. The van der Waals surface area contributed by atoms with E-state index in [1.54, 1.807) is 0 Å². The first-order valence-electron chi connectivity index (χ1n) is 7.28. The molecule has 8 nitrogen and oxygen atoms in total. The van der Waals surface area contributed by atoms with E-state index in [4.69, 9.17) is 0 Å². The third kappa shape index (κ3) is 3.32. The minimum absolute atomic E-state index is 0.0283. The minimum Gasteiger partial charge on any atom is -0.354 e. The summed E-state index contributed by atoms with van der Waals surface area (Å²) >= 11 is 0. The van der Waals surface area contributed by atoms with E-state index < -0.39 is 0 Å². The molecule has 1 fully saturated rings. The molecule has 1 atom stereocenters. The number of aromatic nitrogens is 3. The number of hydrogen-bond acceptors (Lipinski definition) is 7. The fourth-order valence-corrected chi connectivity index (χ4v) is 2.28. The van der Waals surface area contributed by atoms with Gasteiger partial charge in [0.15, 0.2) is 0 Å². The van der Waals surface area contributed by atoms with Crippen molar-refractivity contribution in [3.05, 3.63) is 0 Å². The third-order valence-electron chi connectivity index (χ3n) is 3.32. The molecule has 1 unspecified atom stereocenters. The molecule has 1 aliphatic heterocycles. The van der Waals surface area contributed by atoms with Crippen LogP contribution in [0.3, 0.4) is 0 Å². The van der Waals surface area contributed by atoms with Crippen LogP contribution >= 0.6 is 0 Å². The van der Waals surface area contributed by atoms with Crippen molar-refractivity contribution in [2.75, 3.05) is 48.8 Å². The van der Waals surface area contributed by atoms with Crippen LogP contribution in [0.15, 0.2) is 0 Å². The Labute approximate surface area is 125 Å². The van der Waals surface area contributed by atoms with Gasteiger partial charge in [0.2, 0.25) is 23.8 Å². The summed E-state index contributed by atoms with van der Waals surface area (Å²) in [6.07, 6.45) is 0.714. The summed E-state index contributed by atoms with van der Waals surface area (Å²) in [5.41, 5.74) is 0. The molecular formula is C13H23N7O.